The summed E-state index contributed by atoms with van der Waals surface area (Å²) in [5.41, 5.74) is 24.2. The Bertz CT molecular complexity index is 2130. The highest BCUT2D eigenvalue weighted by Crippen LogP contribution is 2.22. The molecule has 1 fully saturated rings. The van der Waals surface area contributed by atoms with Crippen molar-refractivity contribution in [3.05, 3.63) is 54.2 Å². The molecule has 1 aromatic carbocycles. The Labute approximate surface area is 381 Å². The van der Waals surface area contributed by atoms with Gasteiger partial charge in [0.1, 0.15) is 42.3 Å². The largest absolute Gasteiger partial charge is 0.391 e. The summed E-state index contributed by atoms with van der Waals surface area (Å²) in [6.07, 6.45) is 3.66. The summed E-state index contributed by atoms with van der Waals surface area (Å²) in [4.78, 5) is 107. The molecule has 0 radical (unpaired) electrons. The molecule has 362 valence electrons. The predicted octanol–water partition coefficient (Wildman–Crippen LogP) is -3.94. The minimum absolute atomic E-state index is 0.00673. The van der Waals surface area contributed by atoms with Crippen LogP contribution in [-0.4, -0.2) is 152 Å². The molecular formula is C42H65N15O9. The maximum Gasteiger partial charge on any atom is 0.245 e. The van der Waals surface area contributed by atoms with E-state index in [0.717, 1.165) is 10.9 Å². The van der Waals surface area contributed by atoms with Crippen LogP contribution in [0.4, 0.5) is 0 Å². The summed E-state index contributed by atoms with van der Waals surface area (Å²) < 4.78 is 0. The summed E-state index contributed by atoms with van der Waals surface area (Å²) in [6.45, 7) is 3.18. The van der Waals surface area contributed by atoms with Crippen molar-refractivity contribution in [3.8, 4) is 0 Å². The molecule has 0 aliphatic carbocycles. The first-order valence-corrected chi connectivity index (χ1v) is 22.0. The Morgan fingerprint density at radius 3 is 2.14 bits per heavy atom. The zero-order chi connectivity index (χ0) is 48.5. The molecule has 66 heavy (non-hydrogen) atoms. The number of nitrogens with zero attached hydrogens (tertiary/aromatic N) is 2. The molecular weight excluding hydrogens is 859 g/mol. The fraction of sp³-hybridized carbons (Fsp3) is 0.548. The lowest BCUT2D eigenvalue weighted by molar-refractivity contribution is -0.142. The lowest BCUT2D eigenvalue weighted by Gasteiger charge is -2.31. The van der Waals surface area contributed by atoms with Crippen LogP contribution in [0.2, 0.25) is 0 Å². The second kappa shape index (κ2) is 25.2. The molecule has 1 saturated heterocycles. The van der Waals surface area contributed by atoms with Gasteiger partial charge in [-0.05, 0) is 77.0 Å². The number of aliphatic hydroxyl groups excluding tert-OH is 2. The fourth-order valence-electron chi connectivity index (χ4n) is 7.58. The number of rotatable bonds is 26. The van der Waals surface area contributed by atoms with Gasteiger partial charge in [-0.15, -0.1) is 0 Å². The molecule has 0 saturated carbocycles. The van der Waals surface area contributed by atoms with Crippen LogP contribution in [0, 0.1) is 5.41 Å². The Kier molecular flexibility index (Phi) is 19.8. The maximum absolute atomic E-state index is 14.6. The number of H-pyrrole nitrogens is 2. The van der Waals surface area contributed by atoms with Gasteiger partial charge >= 0.3 is 0 Å². The van der Waals surface area contributed by atoms with Crippen LogP contribution in [-0.2, 0) is 46.4 Å². The second-order valence-electron chi connectivity index (χ2n) is 16.4. The van der Waals surface area contributed by atoms with E-state index in [-0.39, 0.29) is 57.6 Å². The Hall–Kier alpha value is -6.63. The molecule has 0 unspecified atom stereocenters. The number of unbranched alkanes of at least 4 members (excludes halogenated alkanes) is 1. The number of hydrogen-bond acceptors (Lipinski definition) is 13. The highest BCUT2D eigenvalue weighted by atomic mass is 16.3. The minimum Gasteiger partial charge on any atom is -0.391 e. The van der Waals surface area contributed by atoms with Crippen LogP contribution in [0.5, 0.6) is 0 Å². The maximum atomic E-state index is 14.6. The lowest BCUT2D eigenvalue weighted by Crippen LogP contribution is -2.60. The molecule has 9 atom stereocenters. The van der Waals surface area contributed by atoms with E-state index in [1.807, 2.05) is 24.3 Å². The number of likely N-dealkylation sites (tertiary alicyclic amines) is 1. The number of hydrogen-bond donors (Lipinski definition) is 15. The van der Waals surface area contributed by atoms with Crippen molar-refractivity contribution in [1.29, 1.82) is 5.41 Å². The number of aromatic nitrogens is 3. The van der Waals surface area contributed by atoms with Crippen molar-refractivity contribution in [2.24, 2.45) is 22.9 Å². The average Bonchev–Trinajstić information content (AvgIpc) is 4.07. The van der Waals surface area contributed by atoms with Crippen molar-refractivity contribution >= 4 is 58.2 Å². The predicted molar refractivity (Wildman–Crippen MR) is 241 cm³/mol. The average molecular weight is 924 g/mol. The van der Waals surface area contributed by atoms with Gasteiger partial charge in [0.05, 0.1) is 24.2 Å². The van der Waals surface area contributed by atoms with Crippen molar-refractivity contribution in [2.75, 3.05) is 19.6 Å². The van der Waals surface area contributed by atoms with Gasteiger partial charge in [0.25, 0.3) is 0 Å². The third-order valence-electron chi connectivity index (χ3n) is 11.3. The zero-order valence-corrected chi connectivity index (χ0v) is 37.2. The summed E-state index contributed by atoms with van der Waals surface area (Å²) in [6, 6.07) is -1.74. The first-order valence-electron chi connectivity index (χ1n) is 22.0. The Morgan fingerprint density at radius 2 is 1.48 bits per heavy atom. The molecule has 3 aromatic rings. The number of carbonyl (C=O) groups excluding carboxylic acids is 7. The number of nitrogens with one attached hydrogen (secondary N) is 9. The number of aliphatic hydroxyl groups is 2. The number of primary amides is 1. The first kappa shape index (κ1) is 52.0. The summed E-state index contributed by atoms with van der Waals surface area (Å²) >= 11 is 0. The molecule has 3 heterocycles. The first-order chi connectivity index (χ1) is 31.4. The second-order valence-corrected chi connectivity index (χ2v) is 16.4. The Morgan fingerprint density at radius 1 is 0.833 bits per heavy atom. The smallest absolute Gasteiger partial charge is 0.245 e. The molecule has 24 heteroatoms. The minimum atomic E-state index is -1.47. The van der Waals surface area contributed by atoms with Crippen LogP contribution < -0.4 is 54.8 Å². The van der Waals surface area contributed by atoms with Crippen LogP contribution in [0.15, 0.2) is 43.0 Å². The highest BCUT2D eigenvalue weighted by molar-refractivity contribution is 5.98. The normalized spacial score (nSPS) is 17.2. The van der Waals surface area contributed by atoms with Gasteiger partial charge in [0.2, 0.25) is 41.4 Å². The van der Waals surface area contributed by atoms with Crippen molar-refractivity contribution in [1.82, 2.24) is 51.8 Å². The number of fused-ring (bicyclic) bond motifs is 1. The van der Waals surface area contributed by atoms with Crippen molar-refractivity contribution in [3.63, 3.8) is 0 Å². The summed E-state index contributed by atoms with van der Waals surface area (Å²) in [7, 11) is 0. The fourth-order valence-corrected chi connectivity index (χ4v) is 7.58. The quantitative estimate of drug-likeness (QED) is 0.0208. The van der Waals surface area contributed by atoms with E-state index in [9.17, 15) is 43.8 Å². The summed E-state index contributed by atoms with van der Waals surface area (Å²) in [5.74, 6) is -5.80. The molecule has 7 amide bonds. The zero-order valence-electron chi connectivity index (χ0n) is 37.2. The van der Waals surface area contributed by atoms with Crippen molar-refractivity contribution < 1.29 is 43.8 Å². The number of aromatic amines is 2. The van der Waals surface area contributed by atoms with Gasteiger partial charge in [0, 0.05) is 49.2 Å². The topological polar surface area (TPSA) is 408 Å². The van der Waals surface area contributed by atoms with E-state index in [4.69, 9.17) is 28.3 Å². The number of imidazole rings is 1. The molecule has 1 aliphatic heterocycles. The number of guanidine groups is 1. The molecule has 2 aromatic heterocycles. The van der Waals surface area contributed by atoms with Gasteiger partial charge in [0.15, 0.2) is 5.96 Å². The third-order valence-corrected chi connectivity index (χ3v) is 11.3. The highest BCUT2D eigenvalue weighted by Gasteiger charge is 2.40. The Balaban J connectivity index is 1.60. The van der Waals surface area contributed by atoms with E-state index in [0.29, 0.717) is 37.1 Å². The number of para-hydroxylation sites is 1. The van der Waals surface area contributed by atoms with Crippen LogP contribution in [0.1, 0.15) is 70.1 Å². The van der Waals surface area contributed by atoms with Gasteiger partial charge in [-0.25, -0.2) is 4.98 Å². The molecule has 24 nitrogen and oxygen atoms in total. The van der Waals surface area contributed by atoms with E-state index in [1.54, 1.807) is 6.20 Å². The van der Waals surface area contributed by atoms with Crippen LogP contribution in [0.3, 0.4) is 0 Å². The van der Waals surface area contributed by atoms with E-state index < -0.39 is 95.9 Å². The third kappa shape index (κ3) is 15.0. The van der Waals surface area contributed by atoms with Gasteiger partial charge in [-0.2, -0.15) is 0 Å². The number of benzene rings is 1. The molecule has 4 rings (SSSR count). The number of amides is 7. The van der Waals surface area contributed by atoms with Gasteiger partial charge in [-0.1, -0.05) is 18.2 Å². The van der Waals surface area contributed by atoms with E-state index in [2.05, 4.69) is 46.9 Å². The summed E-state index contributed by atoms with van der Waals surface area (Å²) in [5, 5.41) is 44.3. The van der Waals surface area contributed by atoms with Crippen LogP contribution in [0.25, 0.3) is 10.9 Å². The molecule has 0 spiro atoms. The molecule has 0 bridgehead atoms. The standard InChI is InChI=1S/C42H65N15O9/c1-22(58)33(44)40(65)52-28(11-5-6-14-43)36(61)54-31(18-25-20-48-21-51-25)37(62)53-29(12-7-15-49-42(46)47)41(66)57-16-8-13-32(57)39(64)55-30(38(63)56-34(23(2)59)35(45)60)17-24-19-50-27-10-4-3-9-26(24)27/h3-4,9-10,19-23,28-34,50,58-59H,5-8,11-18,43-44H2,1-2H3,(H2,45,60)(H,48,51)(H,52,65)(H,53,62)(H,54,61)(H,55,64)(H,56,63)(H4,46,47,49)/t22-,23-,28+,29+,30+,31+,32+,33+,34+/m1/s1. The van der Waals surface area contributed by atoms with Crippen LogP contribution >= 0.6 is 0 Å². The SMILES string of the molecule is C[C@@H](O)[C@H](N)C(=O)N[C@@H](CCCCN)C(=O)N[C@@H](Cc1c[nH]cn1)C(=O)N[C@@H](CCCNC(=N)N)C(=O)N1CCC[C@H]1C(=O)N[C@@H](Cc1c[nH]c2ccccc12)C(=O)N[C@H](C(N)=O)[C@@H](C)O. The van der Waals surface area contributed by atoms with Crippen molar-refractivity contribution in [2.45, 2.75) is 126 Å². The van der Waals surface area contributed by atoms with E-state index in [1.165, 1.54) is 31.3 Å². The van der Waals surface area contributed by atoms with Gasteiger partial charge in [-0.3, -0.25) is 39.0 Å². The molecule has 19 N–H and O–H groups in total. The number of carbonyl (C=O) groups is 7. The van der Waals surface area contributed by atoms with Gasteiger partial charge < -0.3 is 79.9 Å². The lowest BCUT2D eigenvalue weighted by atomic mass is 10.0. The van der Waals surface area contributed by atoms with E-state index >= 15 is 0 Å². The molecule has 1 aliphatic rings. The monoisotopic (exact) mass is 924 g/mol. The number of nitrogens with two attached hydrogens (primary N) is 4.